The molecule has 1 aliphatic rings. The zero-order valence-electron chi connectivity index (χ0n) is 8.85. The minimum absolute atomic E-state index is 0.175. The Balaban J connectivity index is 2.51. The highest BCUT2D eigenvalue weighted by Gasteiger charge is 2.25. The van der Waals surface area contributed by atoms with Gasteiger partial charge in [-0.3, -0.25) is 9.79 Å². The van der Waals surface area contributed by atoms with Crippen LogP contribution >= 0.6 is 0 Å². The number of nitrogens with zero attached hydrogens (tertiary/aromatic N) is 1. The lowest BCUT2D eigenvalue weighted by molar-refractivity contribution is -0.128. The van der Waals surface area contributed by atoms with Crippen molar-refractivity contribution in [3.05, 3.63) is 0 Å². The number of carboxylic acid groups (broad SMARTS) is 1. The molecule has 0 spiro atoms. The average Bonchev–Trinajstić information content (AvgIpc) is 2.21. The monoisotopic (exact) mass is 210 g/mol. The van der Waals surface area contributed by atoms with E-state index in [-0.39, 0.29) is 5.92 Å². The molecule has 1 radical (unpaired) electrons. The Morgan fingerprint density at radius 1 is 1.47 bits per heavy atom. The molecule has 4 nitrogen and oxygen atoms in total. The molecule has 0 aromatic carbocycles. The highest BCUT2D eigenvalue weighted by Crippen LogP contribution is 2.30. The van der Waals surface area contributed by atoms with Gasteiger partial charge < -0.3 is 5.11 Å². The van der Waals surface area contributed by atoms with E-state index in [2.05, 4.69) is 11.9 Å². The average molecular weight is 210 g/mol. The number of carbonyl (C=O) groups is 1. The third-order valence-corrected chi connectivity index (χ3v) is 2.97. The van der Waals surface area contributed by atoms with Crippen LogP contribution in [-0.2, 0) is 9.59 Å². The molecule has 0 aromatic rings. The lowest BCUT2D eigenvalue weighted by atomic mass is 9.80. The van der Waals surface area contributed by atoms with Gasteiger partial charge in [0.1, 0.15) is 12.3 Å². The Morgan fingerprint density at radius 3 is 2.53 bits per heavy atom. The van der Waals surface area contributed by atoms with E-state index in [9.17, 15) is 9.59 Å². The normalized spacial score (nSPS) is 28.9. The standard InChI is InChI=1S/C11H16NO3/c1-8-2-4-9(5-3-8)10(7-13)12-6-11(14)15/h6,8-10H,2-5H2,1H3,(H,14,15). The van der Waals surface area contributed by atoms with Crippen LogP contribution in [0.3, 0.4) is 0 Å². The van der Waals surface area contributed by atoms with Crippen LogP contribution in [0.2, 0.25) is 0 Å². The molecule has 0 heterocycles. The van der Waals surface area contributed by atoms with Gasteiger partial charge >= 0.3 is 5.97 Å². The fraction of sp³-hybridized carbons (Fsp3) is 0.727. The van der Waals surface area contributed by atoms with E-state index in [1.165, 1.54) is 0 Å². The van der Waals surface area contributed by atoms with E-state index in [0.29, 0.717) is 5.92 Å². The van der Waals surface area contributed by atoms with Gasteiger partial charge in [0.05, 0.1) is 0 Å². The van der Waals surface area contributed by atoms with E-state index in [1.54, 1.807) is 0 Å². The molecular weight excluding hydrogens is 194 g/mol. The predicted molar refractivity (Wildman–Crippen MR) is 56.7 cm³/mol. The van der Waals surface area contributed by atoms with Gasteiger partial charge in [-0.1, -0.05) is 19.8 Å². The van der Waals surface area contributed by atoms with Gasteiger partial charge in [0.15, 0.2) is 0 Å². The second kappa shape index (κ2) is 5.63. The molecule has 0 aliphatic heterocycles. The summed E-state index contributed by atoms with van der Waals surface area (Å²) < 4.78 is 0. The molecule has 4 heteroatoms. The Labute approximate surface area is 89.4 Å². The van der Waals surface area contributed by atoms with Crippen LogP contribution in [0, 0.1) is 11.8 Å². The van der Waals surface area contributed by atoms with Gasteiger partial charge in [0.25, 0.3) is 0 Å². The predicted octanol–water partition coefficient (Wildman–Crippen LogP) is 1.45. The van der Waals surface area contributed by atoms with Crippen LogP contribution < -0.4 is 0 Å². The number of carboxylic acids is 1. The molecule has 1 N–H and O–H groups in total. The molecule has 83 valence electrons. The van der Waals surface area contributed by atoms with E-state index >= 15 is 0 Å². The molecule has 1 fully saturated rings. The molecule has 0 aromatic heterocycles. The summed E-state index contributed by atoms with van der Waals surface area (Å²) in [5, 5.41) is 8.42. The SMILES string of the molecule is CC1CCC(C([C]=O)N=CC(=O)O)CC1. The Hall–Kier alpha value is -1.19. The van der Waals surface area contributed by atoms with Crippen molar-refractivity contribution in [2.45, 2.75) is 38.6 Å². The summed E-state index contributed by atoms with van der Waals surface area (Å²) in [5.41, 5.74) is 0. The van der Waals surface area contributed by atoms with Crippen LogP contribution in [0.4, 0.5) is 0 Å². The fourth-order valence-corrected chi connectivity index (χ4v) is 1.99. The van der Waals surface area contributed by atoms with Crippen molar-refractivity contribution in [3.8, 4) is 0 Å². The molecule has 1 rings (SSSR count). The van der Waals surface area contributed by atoms with Crippen molar-refractivity contribution >= 4 is 18.5 Å². The Kier molecular flexibility index (Phi) is 4.46. The zero-order valence-corrected chi connectivity index (χ0v) is 8.85. The largest absolute Gasteiger partial charge is 0.477 e. The van der Waals surface area contributed by atoms with Crippen LogP contribution in [0.25, 0.3) is 0 Å². The molecule has 0 amide bonds. The highest BCUT2D eigenvalue weighted by atomic mass is 16.4. The first-order chi connectivity index (χ1) is 7.13. The minimum atomic E-state index is -1.11. The number of rotatable bonds is 4. The quantitative estimate of drug-likeness (QED) is 0.714. The molecule has 0 saturated heterocycles. The number of hydrogen-bond acceptors (Lipinski definition) is 3. The summed E-state index contributed by atoms with van der Waals surface area (Å²) in [6, 6.07) is -0.589. The summed E-state index contributed by atoms with van der Waals surface area (Å²) in [6.45, 7) is 2.19. The maximum absolute atomic E-state index is 10.7. The first-order valence-electron chi connectivity index (χ1n) is 5.27. The molecule has 15 heavy (non-hydrogen) atoms. The van der Waals surface area contributed by atoms with E-state index in [4.69, 9.17) is 5.11 Å². The second-order valence-corrected chi connectivity index (χ2v) is 4.20. The lowest BCUT2D eigenvalue weighted by Crippen LogP contribution is -2.25. The molecule has 1 saturated carbocycles. The molecule has 1 unspecified atom stereocenters. The third kappa shape index (κ3) is 3.81. The van der Waals surface area contributed by atoms with Crippen LogP contribution in [-0.4, -0.2) is 29.6 Å². The molecule has 0 bridgehead atoms. The Morgan fingerprint density at radius 2 is 2.07 bits per heavy atom. The van der Waals surface area contributed by atoms with Gasteiger partial charge in [0, 0.05) is 0 Å². The van der Waals surface area contributed by atoms with Gasteiger partial charge in [-0.25, -0.2) is 4.79 Å². The maximum atomic E-state index is 10.7. The van der Waals surface area contributed by atoms with Crippen molar-refractivity contribution < 1.29 is 14.7 Å². The summed E-state index contributed by atoms with van der Waals surface area (Å²) in [6.07, 6.45) is 6.69. The van der Waals surface area contributed by atoms with Crippen molar-refractivity contribution in [2.75, 3.05) is 0 Å². The summed E-state index contributed by atoms with van der Waals surface area (Å²) >= 11 is 0. The van der Waals surface area contributed by atoms with Crippen LogP contribution in [0.1, 0.15) is 32.6 Å². The third-order valence-electron chi connectivity index (χ3n) is 2.97. The lowest BCUT2D eigenvalue weighted by Gasteiger charge is -2.27. The van der Waals surface area contributed by atoms with Gasteiger partial charge in [-0.15, -0.1) is 0 Å². The zero-order chi connectivity index (χ0) is 11.3. The number of carbonyl (C=O) groups excluding carboxylic acids is 1. The van der Waals surface area contributed by atoms with Crippen LogP contribution in [0.15, 0.2) is 4.99 Å². The summed E-state index contributed by atoms with van der Waals surface area (Å²) in [5.74, 6) is -0.231. The number of aliphatic carboxylic acids is 1. The van der Waals surface area contributed by atoms with Gasteiger partial charge in [-0.05, 0) is 24.7 Å². The van der Waals surface area contributed by atoms with Crippen molar-refractivity contribution in [3.63, 3.8) is 0 Å². The molecule has 1 atom stereocenters. The van der Waals surface area contributed by atoms with E-state index in [0.717, 1.165) is 31.9 Å². The molecule has 1 aliphatic carbocycles. The summed E-state index contributed by atoms with van der Waals surface area (Å²) in [4.78, 5) is 24.7. The Bertz CT molecular complexity index is 255. The summed E-state index contributed by atoms with van der Waals surface area (Å²) in [7, 11) is 0. The van der Waals surface area contributed by atoms with E-state index < -0.39 is 12.0 Å². The minimum Gasteiger partial charge on any atom is -0.477 e. The number of hydrogen-bond donors (Lipinski definition) is 1. The van der Waals surface area contributed by atoms with Gasteiger partial charge in [0.2, 0.25) is 6.29 Å². The number of aliphatic imine (C=N–C) groups is 1. The smallest absolute Gasteiger partial charge is 0.346 e. The van der Waals surface area contributed by atoms with Crippen molar-refractivity contribution in [2.24, 2.45) is 16.8 Å². The van der Waals surface area contributed by atoms with Crippen molar-refractivity contribution in [1.29, 1.82) is 0 Å². The second-order valence-electron chi connectivity index (χ2n) is 4.20. The fourth-order valence-electron chi connectivity index (χ4n) is 1.99. The van der Waals surface area contributed by atoms with Gasteiger partial charge in [-0.2, -0.15) is 0 Å². The molecular formula is C11H16NO3. The topological polar surface area (TPSA) is 66.7 Å². The highest BCUT2D eigenvalue weighted by molar-refractivity contribution is 6.22. The first-order valence-corrected chi connectivity index (χ1v) is 5.27. The van der Waals surface area contributed by atoms with E-state index in [1.807, 2.05) is 6.29 Å². The maximum Gasteiger partial charge on any atom is 0.346 e. The van der Waals surface area contributed by atoms with Crippen molar-refractivity contribution in [1.82, 2.24) is 0 Å². The first kappa shape index (κ1) is 11.9. The van der Waals surface area contributed by atoms with Crippen LogP contribution in [0.5, 0.6) is 0 Å².